The zero-order chi connectivity index (χ0) is 16.7. The predicted octanol–water partition coefficient (Wildman–Crippen LogP) is 2.59. The van der Waals surface area contributed by atoms with Gasteiger partial charge in [0.1, 0.15) is 11.6 Å². The number of rotatable bonds is 7. The Bertz CT molecular complexity index is 648. The fourth-order valence-corrected chi connectivity index (χ4v) is 2.89. The van der Waals surface area contributed by atoms with Crippen molar-refractivity contribution in [3.63, 3.8) is 0 Å². The van der Waals surface area contributed by atoms with E-state index in [1.54, 1.807) is 12.3 Å². The molecule has 23 heavy (non-hydrogen) atoms. The smallest absolute Gasteiger partial charge is 0.316 e. The first-order valence-corrected chi connectivity index (χ1v) is 8.40. The standard InChI is InChI=1S/C16H21N5OS/c1-4-12-11-23-15(19-12)13(10-17)14-6-7-18-16(20-14)22-9-5-8-21(2)3/h6-7,11,19H,4-5,8-9H2,1-3H3/b15-13-. The van der Waals surface area contributed by atoms with E-state index in [0.29, 0.717) is 23.9 Å². The van der Waals surface area contributed by atoms with Crippen molar-refractivity contribution in [2.75, 3.05) is 27.2 Å². The highest BCUT2D eigenvalue weighted by Crippen LogP contribution is 2.31. The number of nitrogens with one attached hydrogen (secondary N) is 1. The maximum absolute atomic E-state index is 9.47. The zero-order valence-corrected chi connectivity index (χ0v) is 14.5. The van der Waals surface area contributed by atoms with Crippen LogP contribution in [0.15, 0.2) is 28.4 Å². The molecule has 0 aromatic carbocycles. The Morgan fingerprint density at radius 3 is 2.96 bits per heavy atom. The van der Waals surface area contributed by atoms with Crippen molar-refractivity contribution in [3.05, 3.63) is 34.1 Å². The van der Waals surface area contributed by atoms with Gasteiger partial charge in [0.25, 0.3) is 0 Å². The zero-order valence-electron chi connectivity index (χ0n) is 13.7. The van der Waals surface area contributed by atoms with Gasteiger partial charge in [0, 0.05) is 18.4 Å². The van der Waals surface area contributed by atoms with Crippen LogP contribution in [-0.2, 0) is 0 Å². The number of thioether (sulfide) groups is 1. The van der Waals surface area contributed by atoms with E-state index < -0.39 is 0 Å². The Morgan fingerprint density at radius 1 is 1.48 bits per heavy atom. The molecule has 0 saturated carbocycles. The van der Waals surface area contributed by atoms with Crippen molar-refractivity contribution in [3.8, 4) is 12.1 Å². The summed E-state index contributed by atoms with van der Waals surface area (Å²) in [6, 6.07) is 4.26. The lowest BCUT2D eigenvalue weighted by molar-refractivity contribution is 0.263. The van der Waals surface area contributed by atoms with Gasteiger partial charge in [-0.2, -0.15) is 10.2 Å². The minimum absolute atomic E-state index is 0.307. The normalized spacial score (nSPS) is 15.9. The lowest BCUT2D eigenvalue weighted by atomic mass is 10.2. The molecule has 0 atom stereocenters. The van der Waals surface area contributed by atoms with Gasteiger partial charge < -0.3 is 15.0 Å². The van der Waals surface area contributed by atoms with Crippen molar-refractivity contribution >= 4 is 17.3 Å². The van der Waals surface area contributed by atoms with Gasteiger partial charge in [-0.3, -0.25) is 0 Å². The molecule has 1 aliphatic rings. The van der Waals surface area contributed by atoms with Crippen LogP contribution < -0.4 is 10.1 Å². The maximum atomic E-state index is 9.47. The molecule has 7 heteroatoms. The number of nitriles is 1. The molecule has 6 nitrogen and oxygen atoms in total. The van der Waals surface area contributed by atoms with Gasteiger partial charge in [-0.15, -0.1) is 0 Å². The number of hydrogen-bond donors (Lipinski definition) is 1. The first kappa shape index (κ1) is 17.3. The van der Waals surface area contributed by atoms with Gasteiger partial charge in [-0.1, -0.05) is 18.7 Å². The van der Waals surface area contributed by atoms with Crippen molar-refractivity contribution in [1.29, 1.82) is 5.26 Å². The minimum atomic E-state index is 0.307. The van der Waals surface area contributed by atoms with Crippen LogP contribution in [0.3, 0.4) is 0 Å². The van der Waals surface area contributed by atoms with Gasteiger partial charge in [-0.05, 0) is 38.4 Å². The summed E-state index contributed by atoms with van der Waals surface area (Å²) in [6.07, 6.45) is 3.42. The van der Waals surface area contributed by atoms with Crippen LogP contribution in [-0.4, -0.2) is 42.1 Å². The summed E-state index contributed by atoms with van der Waals surface area (Å²) in [6.45, 7) is 3.56. The Balaban J connectivity index is 2.06. The minimum Gasteiger partial charge on any atom is -0.463 e. The fraction of sp³-hybridized carbons (Fsp3) is 0.438. The lowest BCUT2D eigenvalue weighted by Gasteiger charge is -2.10. The molecule has 0 saturated heterocycles. The largest absolute Gasteiger partial charge is 0.463 e. The highest BCUT2D eigenvalue weighted by atomic mass is 32.2. The molecule has 2 rings (SSSR count). The van der Waals surface area contributed by atoms with Crippen molar-refractivity contribution < 1.29 is 4.74 Å². The summed E-state index contributed by atoms with van der Waals surface area (Å²) >= 11 is 1.51. The molecular weight excluding hydrogens is 310 g/mol. The lowest BCUT2D eigenvalue weighted by Crippen LogP contribution is -2.16. The van der Waals surface area contributed by atoms with Gasteiger partial charge in [0.2, 0.25) is 0 Å². The number of ether oxygens (including phenoxy) is 1. The van der Waals surface area contributed by atoms with E-state index >= 15 is 0 Å². The van der Waals surface area contributed by atoms with Crippen molar-refractivity contribution in [2.45, 2.75) is 19.8 Å². The molecule has 1 aliphatic heterocycles. The summed E-state index contributed by atoms with van der Waals surface area (Å²) in [5.41, 5.74) is 2.19. The molecule has 0 amide bonds. The van der Waals surface area contributed by atoms with Crippen LogP contribution in [0, 0.1) is 11.3 Å². The number of allylic oxidation sites excluding steroid dienone is 2. The average Bonchev–Trinajstić information content (AvgIpc) is 3.01. The van der Waals surface area contributed by atoms with Crippen molar-refractivity contribution in [1.82, 2.24) is 20.2 Å². The molecule has 0 unspecified atom stereocenters. The van der Waals surface area contributed by atoms with Crippen LogP contribution >= 0.6 is 11.8 Å². The monoisotopic (exact) mass is 331 g/mol. The number of hydrogen-bond acceptors (Lipinski definition) is 7. The summed E-state index contributed by atoms with van der Waals surface area (Å²) < 4.78 is 5.58. The van der Waals surface area contributed by atoms with Crippen molar-refractivity contribution in [2.24, 2.45) is 0 Å². The Morgan fingerprint density at radius 2 is 2.30 bits per heavy atom. The summed E-state index contributed by atoms with van der Waals surface area (Å²) in [5.74, 6) is 0. The van der Waals surface area contributed by atoms with Crippen LogP contribution in [0.1, 0.15) is 25.5 Å². The molecule has 1 aromatic rings. The quantitative estimate of drug-likeness (QED) is 0.608. The third-order valence-electron chi connectivity index (χ3n) is 3.18. The van der Waals surface area contributed by atoms with E-state index in [2.05, 4.69) is 33.2 Å². The first-order chi connectivity index (χ1) is 11.1. The van der Waals surface area contributed by atoms with Crippen LogP contribution in [0.4, 0.5) is 0 Å². The second-order valence-corrected chi connectivity index (χ2v) is 6.16. The van der Waals surface area contributed by atoms with Gasteiger partial charge in [0.05, 0.1) is 17.3 Å². The Hall–Kier alpha value is -2.04. The second-order valence-electron chi connectivity index (χ2n) is 5.29. The van der Waals surface area contributed by atoms with Crippen LogP contribution in [0.2, 0.25) is 0 Å². The number of aromatic nitrogens is 2. The van der Waals surface area contributed by atoms with E-state index in [9.17, 15) is 5.26 Å². The first-order valence-electron chi connectivity index (χ1n) is 7.52. The molecule has 0 aliphatic carbocycles. The molecule has 1 aromatic heterocycles. The maximum Gasteiger partial charge on any atom is 0.316 e. The summed E-state index contributed by atoms with van der Waals surface area (Å²) in [4.78, 5) is 10.6. The highest BCUT2D eigenvalue weighted by Gasteiger charge is 2.17. The van der Waals surface area contributed by atoms with E-state index in [-0.39, 0.29) is 0 Å². The van der Waals surface area contributed by atoms with Gasteiger partial charge in [0.15, 0.2) is 0 Å². The third kappa shape index (κ3) is 4.98. The van der Waals surface area contributed by atoms with E-state index in [1.807, 2.05) is 19.5 Å². The molecule has 2 heterocycles. The third-order valence-corrected chi connectivity index (χ3v) is 4.13. The number of nitrogens with zero attached hydrogens (tertiary/aromatic N) is 4. The van der Waals surface area contributed by atoms with E-state index in [1.165, 1.54) is 11.8 Å². The Labute approximate surface area is 141 Å². The molecule has 0 radical (unpaired) electrons. The molecule has 0 spiro atoms. The topological polar surface area (TPSA) is 74.1 Å². The van der Waals surface area contributed by atoms with E-state index in [4.69, 9.17) is 4.74 Å². The molecule has 1 N–H and O–H groups in total. The highest BCUT2D eigenvalue weighted by molar-refractivity contribution is 8.06. The van der Waals surface area contributed by atoms with Gasteiger partial charge >= 0.3 is 6.01 Å². The summed E-state index contributed by atoms with van der Waals surface area (Å²) in [5, 5.41) is 15.6. The fourth-order valence-electron chi connectivity index (χ4n) is 1.95. The van der Waals surface area contributed by atoms with Crippen LogP contribution in [0.5, 0.6) is 6.01 Å². The average molecular weight is 331 g/mol. The molecule has 0 fully saturated rings. The second kappa shape index (κ2) is 8.56. The van der Waals surface area contributed by atoms with E-state index in [0.717, 1.165) is 30.1 Å². The molecular formula is C16H21N5OS. The molecule has 0 bridgehead atoms. The predicted molar refractivity (Wildman–Crippen MR) is 92.3 cm³/mol. The summed E-state index contributed by atoms with van der Waals surface area (Å²) in [7, 11) is 4.04. The SMILES string of the molecule is CCC1=CS/C(=C(/C#N)c2ccnc(OCCCN(C)C)n2)N1. The van der Waals surface area contributed by atoms with Gasteiger partial charge in [-0.25, -0.2) is 4.98 Å². The van der Waals surface area contributed by atoms with Crippen LogP contribution in [0.25, 0.3) is 5.57 Å². The Kier molecular flexibility index (Phi) is 6.44. The molecule has 122 valence electrons.